The first-order valence-electron chi connectivity index (χ1n) is 11.6. The Labute approximate surface area is 175 Å². The molecule has 1 amide bonds. The van der Waals surface area contributed by atoms with Crippen molar-refractivity contribution in [3.8, 4) is 0 Å². The molecule has 0 atom stereocenters. The molecule has 0 aliphatic carbocycles. The number of amides is 1. The molecule has 0 saturated carbocycles. The number of hydrogen-bond donors (Lipinski definition) is 0. The number of carbonyl (C=O) groups is 2. The molecule has 3 saturated heterocycles. The fourth-order valence-electron chi connectivity index (χ4n) is 5.15. The van der Waals surface area contributed by atoms with Crippen molar-refractivity contribution in [2.75, 3.05) is 49.1 Å². The van der Waals surface area contributed by atoms with Crippen LogP contribution in [0.1, 0.15) is 68.6 Å². The van der Waals surface area contributed by atoms with Crippen LogP contribution >= 0.6 is 0 Å². The van der Waals surface area contributed by atoms with Crippen LogP contribution in [0, 0.1) is 5.92 Å². The topological polar surface area (TPSA) is 43.9 Å². The van der Waals surface area contributed by atoms with Gasteiger partial charge < -0.3 is 14.7 Å². The smallest absolute Gasteiger partial charge is 0.219 e. The summed E-state index contributed by atoms with van der Waals surface area (Å²) in [7, 11) is 0. The summed E-state index contributed by atoms with van der Waals surface area (Å²) >= 11 is 0. The maximum Gasteiger partial charge on any atom is 0.219 e. The lowest BCUT2D eigenvalue weighted by Gasteiger charge is -2.35. The van der Waals surface area contributed by atoms with Crippen molar-refractivity contribution < 1.29 is 9.59 Å². The summed E-state index contributed by atoms with van der Waals surface area (Å²) in [5, 5.41) is 0. The van der Waals surface area contributed by atoms with E-state index in [1.165, 1.54) is 44.2 Å². The van der Waals surface area contributed by atoms with Crippen LogP contribution in [0.4, 0.5) is 11.4 Å². The number of Topliss-reactive ketones (excluding diaryl/α,β-unsaturated/α-hetero) is 1. The molecule has 3 fully saturated rings. The highest BCUT2D eigenvalue weighted by atomic mass is 16.2. The lowest BCUT2D eigenvalue weighted by atomic mass is 9.87. The second-order valence-corrected chi connectivity index (χ2v) is 8.94. The van der Waals surface area contributed by atoms with E-state index in [0.717, 1.165) is 50.3 Å². The number of ketones is 1. The first kappa shape index (κ1) is 20.2. The van der Waals surface area contributed by atoms with E-state index >= 15 is 0 Å². The number of rotatable bonds is 4. The number of carbonyl (C=O) groups excluding carboxylic acids is 2. The lowest BCUT2D eigenvalue weighted by molar-refractivity contribution is -0.130. The Morgan fingerprint density at radius 1 is 0.793 bits per heavy atom. The SMILES string of the molecule is CC(=O)N1CCC(C(=O)c2ccc(N3CCCCC3)cc2N2CCCCC2)CC1. The first-order chi connectivity index (χ1) is 14.1. The molecule has 4 rings (SSSR count). The predicted molar refractivity (Wildman–Crippen MR) is 118 cm³/mol. The number of anilines is 2. The highest BCUT2D eigenvalue weighted by Crippen LogP contribution is 2.33. The summed E-state index contributed by atoms with van der Waals surface area (Å²) in [6, 6.07) is 6.54. The highest BCUT2D eigenvalue weighted by Gasteiger charge is 2.29. The van der Waals surface area contributed by atoms with Crippen molar-refractivity contribution in [1.82, 2.24) is 4.90 Å². The summed E-state index contributed by atoms with van der Waals surface area (Å²) in [5.74, 6) is 0.435. The zero-order chi connectivity index (χ0) is 20.2. The van der Waals surface area contributed by atoms with Crippen molar-refractivity contribution in [3.63, 3.8) is 0 Å². The van der Waals surface area contributed by atoms with Crippen LogP contribution in [0.15, 0.2) is 18.2 Å². The van der Waals surface area contributed by atoms with E-state index in [2.05, 4.69) is 28.0 Å². The predicted octanol–water partition coefficient (Wildman–Crippen LogP) is 4.11. The van der Waals surface area contributed by atoms with Gasteiger partial charge >= 0.3 is 0 Å². The molecular weight excluding hydrogens is 362 g/mol. The first-order valence-corrected chi connectivity index (χ1v) is 11.6. The van der Waals surface area contributed by atoms with Gasteiger partial charge in [-0.05, 0) is 69.6 Å². The van der Waals surface area contributed by atoms with Crippen molar-refractivity contribution >= 4 is 23.1 Å². The molecule has 0 radical (unpaired) electrons. The van der Waals surface area contributed by atoms with E-state index in [1.54, 1.807) is 6.92 Å². The number of likely N-dealkylation sites (tertiary alicyclic amines) is 1. The summed E-state index contributed by atoms with van der Waals surface area (Å²) in [6.45, 7) is 7.37. The van der Waals surface area contributed by atoms with Crippen molar-refractivity contribution in [1.29, 1.82) is 0 Å². The molecule has 158 valence electrons. The molecular formula is C24H35N3O2. The van der Waals surface area contributed by atoms with E-state index in [1.807, 2.05) is 4.90 Å². The van der Waals surface area contributed by atoms with Crippen LogP contribution in [0.2, 0.25) is 0 Å². The van der Waals surface area contributed by atoms with Gasteiger partial charge in [-0.1, -0.05) is 0 Å². The van der Waals surface area contributed by atoms with Crippen molar-refractivity contribution in [2.45, 2.75) is 58.3 Å². The van der Waals surface area contributed by atoms with Crippen LogP contribution in [0.25, 0.3) is 0 Å². The minimum Gasteiger partial charge on any atom is -0.371 e. The van der Waals surface area contributed by atoms with E-state index in [0.29, 0.717) is 13.1 Å². The summed E-state index contributed by atoms with van der Waals surface area (Å²) in [6.07, 6.45) is 9.11. The zero-order valence-electron chi connectivity index (χ0n) is 17.9. The third-order valence-electron chi connectivity index (χ3n) is 6.98. The van der Waals surface area contributed by atoms with Crippen LogP contribution in [0.5, 0.6) is 0 Å². The van der Waals surface area contributed by atoms with Gasteiger partial charge in [0.05, 0.1) is 0 Å². The fraction of sp³-hybridized carbons (Fsp3) is 0.667. The molecule has 5 nitrogen and oxygen atoms in total. The van der Waals surface area contributed by atoms with Crippen LogP contribution in [-0.2, 0) is 4.79 Å². The largest absolute Gasteiger partial charge is 0.371 e. The van der Waals surface area contributed by atoms with Gasteiger partial charge in [0.2, 0.25) is 5.91 Å². The summed E-state index contributed by atoms with van der Waals surface area (Å²) in [5.41, 5.74) is 3.31. The van der Waals surface area contributed by atoms with E-state index in [-0.39, 0.29) is 17.6 Å². The minimum absolute atomic E-state index is 0.0370. The van der Waals surface area contributed by atoms with E-state index < -0.39 is 0 Å². The molecule has 3 aliphatic heterocycles. The second kappa shape index (κ2) is 9.19. The lowest BCUT2D eigenvalue weighted by Crippen LogP contribution is -2.39. The summed E-state index contributed by atoms with van der Waals surface area (Å²) in [4.78, 5) is 31.9. The third kappa shape index (κ3) is 4.59. The van der Waals surface area contributed by atoms with Gasteiger partial charge in [-0.3, -0.25) is 9.59 Å². The Bertz CT molecular complexity index is 728. The van der Waals surface area contributed by atoms with Gasteiger partial charge in [0, 0.05) is 69.0 Å². The fourth-order valence-corrected chi connectivity index (χ4v) is 5.15. The van der Waals surface area contributed by atoms with Crippen molar-refractivity contribution in [3.05, 3.63) is 23.8 Å². The van der Waals surface area contributed by atoms with Gasteiger partial charge in [-0.15, -0.1) is 0 Å². The van der Waals surface area contributed by atoms with Gasteiger partial charge in [0.15, 0.2) is 5.78 Å². The molecule has 0 aromatic heterocycles. The molecule has 3 heterocycles. The molecule has 1 aromatic carbocycles. The Balaban J connectivity index is 1.57. The molecule has 29 heavy (non-hydrogen) atoms. The molecule has 0 N–H and O–H groups in total. The van der Waals surface area contributed by atoms with Gasteiger partial charge in [-0.2, -0.15) is 0 Å². The highest BCUT2D eigenvalue weighted by molar-refractivity contribution is 6.03. The van der Waals surface area contributed by atoms with Crippen LogP contribution in [-0.4, -0.2) is 55.9 Å². The Kier molecular flexibility index (Phi) is 6.41. The normalized spacial score (nSPS) is 21.3. The summed E-state index contributed by atoms with van der Waals surface area (Å²) < 4.78 is 0. The van der Waals surface area contributed by atoms with Gasteiger partial charge in [-0.25, -0.2) is 0 Å². The Hall–Kier alpha value is -2.04. The second-order valence-electron chi connectivity index (χ2n) is 8.94. The Morgan fingerprint density at radius 3 is 1.97 bits per heavy atom. The number of hydrogen-bond acceptors (Lipinski definition) is 4. The van der Waals surface area contributed by atoms with Crippen LogP contribution < -0.4 is 9.80 Å². The standard InChI is InChI=1S/C24H35N3O2/c1-19(28)25-16-10-20(11-17-25)24(29)22-9-8-21(26-12-4-2-5-13-26)18-23(22)27-14-6-3-7-15-27/h8-9,18,20H,2-7,10-17H2,1H3. The number of nitrogens with zero attached hydrogens (tertiary/aromatic N) is 3. The van der Waals surface area contributed by atoms with E-state index in [9.17, 15) is 9.59 Å². The molecule has 1 aromatic rings. The van der Waals surface area contributed by atoms with E-state index in [4.69, 9.17) is 0 Å². The molecule has 5 heteroatoms. The van der Waals surface area contributed by atoms with Crippen molar-refractivity contribution in [2.24, 2.45) is 5.92 Å². The molecule has 0 unspecified atom stereocenters. The van der Waals surface area contributed by atoms with Crippen LogP contribution in [0.3, 0.4) is 0 Å². The third-order valence-corrected chi connectivity index (χ3v) is 6.98. The van der Waals surface area contributed by atoms with Gasteiger partial charge in [0.1, 0.15) is 0 Å². The quantitative estimate of drug-likeness (QED) is 0.717. The molecule has 0 spiro atoms. The van der Waals surface area contributed by atoms with Gasteiger partial charge in [0.25, 0.3) is 0 Å². The number of piperidine rings is 3. The number of benzene rings is 1. The monoisotopic (exact) mass is 397 g/mol. The maximum absolute atomic E-state index is 13.5. The maximum atomic E-state index is 13.5. The average Bonchev–Trinajstić information content (AvgIpc) is 2.79. The zero-order valence-corrected chi connectivity index (χ0v) is 17.9. The Morgan fingerprint density at radius 2 is 1.38 bits per heavy atom. The molecule has 0 bridgehead atoms. The molecule has 3 aliphatic rings. The average molecular weight is 398 g/mol. The minimum atomic E-state index is 0.0370.